The highest BCUT2D eigenvalue weighted by Crippen LogP contribution is 2.18. The normalized spacial score (nSPS) is 9.82. The standard InChI is InChI=1S/C17H14BrNO3/c18-14-3-1-4-16(11-14)21-10-2-5-17(20)22-15-8-6-13(12-19)7-9-15/h1,3-4,6-9,11H,2,5,10H2. The van der Waals surface area contributed by atoms with Crippen LogP contribution >= 0.6 is 15.9 Å². The van der Waals surface area contributed by atoms with Crippen LogP contribution in [-0.2, 0) is 4.79 Å². The molecule has 0 aromatic heterocycles. The maximum absolute atomic E-state index is 11.7. The Balaban J connectivity index is 1.70. The first-order chi connectivity index (χ1) is 10.7. The fourth-order valence-electron chi connectivity index (χ4n) is 1.74. The molecule has 0 radical (unpaired) electrons. The number of rotatable bonds is 6. The average Bonchev–Trinajstić information content (AvgIpc) is 2.52. The minimum Gasteiger partial charge on any atom is -0.494 e. The van der Waals surface area contributed by atoms with Gasteiger partial charge in [-0.3, -0.25) is 4.79 Å². The number of esters is 1. The van der Waals surface area contributed by atoms with Crippen molar-refractivity contribution in [1.29, 1.82) is 5.26 Å². The lowest BCUT2D eigenvalue weighted by Crippen LogP contribution is -2.09. The average molecular weight is 360 g/mol. The summed E-state index contributed by atoms with van der Waals surface area (Å²) >= 11 is 3.37. The van der Waals surface area contributed by atoms with E-state index < -0.39 is 0 Å². The molecule has 112 valence electrons. The number of hydrogen-bond donors (Lipinski definition) is 0. The molecule has 0 heterocycles. The second-order valence-corrected chi connectivity index (χ2v) is 5.44. The Labute approximate surface area is 137 Å². The van der Waals surface area contributed by atoms with E-state index in [9.17, 15) is 4.79 Å². The summed E-state index contributed by atoms with van der Waals surface area (Å²) in [4.78, 5) is 11.7. The second kappa shape index (κ2) is 8.20. The summed E-state index contributed by atoms with van der Waals surface area (Å²) < 4.78 is 11.7. The van der Waals surface area contributed by atoms with Crippen LogP contribution in [0.15, 0.2) is 53.0 Å². The Hall–Kier alpha value is -2.32. The molecule has 0 atom stereocenters. The summed E-state index contributed by atoms with van der Waals surface area (Å²) in [6.45, 7) is 0.443. The third-order valence-corrected chi connectivity index (χ3v) is 3.30. The predicted molar refractivity (Wildman–Crippen MR) is 85.7 cm³/mol. The van der Waals surface area contributed by atoms with Crippen LogP contribution in [0.25, 0.3) is 0 Å². The van der Waals surface area contributed by atoms with Crippen molar-refractivity contribution in [2.24, 2.45) is 0 Å². The highest BCUT2D eigenvalue weighted by molar-refractivity contribution is 9.10. The first-order valence-electron chi connectivity index (χ1n) is 6.76. The molecule has 0 aliphatic rings. The molecule has 0 aliphatic heterocycles. The predicted octanol–water partition coefficient (Wildman–Crippen LogP) is 4.09. The second-order valence-electron chi connectivity index (χ2n) is 4.52. The van der Waals surface area contributed by atoms with Crippen molar-refractivity contribution in [3.05, 3.63) is 58.6 Å². The van der Waals surface area contributed by atoms with Crippen LogP contribution in [-0.4, -0.2) is 12.6 Å². The molecular weight excluding hydrogens is 346 g/mol. The van der Waals surface area contributed by atoms with E-state index in [1.807, 2.05) is 30.3 Å². The molecule has 5 heteroatoms. The van der Waals surface area contributed by atoms with Gasteiger partial charge in [0.05, 0.1) is 18.2 Å². The quantitative estimate of drug-likeness (QED) is 0.442. The van der Waals surface area contributed by atoms with Gasteiger partial charge in [0.2, 0.25) is 0 Å². The van der Waals surface area contributed by atoms with Crippen molar-refractivity contribution in [2.45, 2.75) is 12.8 Å². The van der Waals surface area contributed by atoms with Gasteiger partial charge in [-0.2, -0.15) is 5.26 Å². The summed E-state index contributed by atoms with van der Waals surface area (Å²) in [5.41, 5.74) is 0.530. The van der Waals surface area contributed by atoms with E-state index in [1.54, 1.807) is 24.3 Å². The molecule has 2 aromatic rings. The maximum Gasteiger partial charge on any atom is 0.311 e. The summed E-state index contributed by atoms with van der Waals surface area (Å²) in [5, 5.41) is 8.69. The molecule has 0 saturated carbocycles. The van der Waals surface area contributed by atoms with Crippen molar-refractivity contribution < 1.29 is 14.3 Å². The van der Waals surface area contributed by atoms with Crippen molar-refractivity contribution in [1.82, 2.24) is 0 Å². The minimum atomic E-state index is -0.317. The third kappa shape index (κ3) is 5.23. The third-order valence-electron chi connectivity index (χ3n) is 2.81. The molecule has 0 aliphatic carbocycles. The number of nitrogens with zero attached hydrogens (tertiary/aromatic N) is 1. The molecule has 0 spiro atoms. The number of nitriles is 1. The lowest BCUT2D eigenvalue weighted by atomic mass is 10.2. The zero-order valence-corrected chi connectivity index (χ0v) is 13.4. The molecule has 0 saturated heterocycles. The maximum atomic E-state index is 11.7. The van der Waals surface area contributed by atoms with Crippen molar-refractivity contribution in [3.63, 3.8) is 0 Å². The smallest absolute Gasteiger partial charge is 0.311 e. The van der Waals surface area contributed by atoms with E-state index in [4.69, 9.17) is 14.7 Å². The molecule has 0 fully saturated rings. The van der Waals surface area contributed by atoms with Gasteiger partial charge in [-0.15, -0.1) is 0 Å². The van der Waals surface area contributed by atoms with Crippen LogP contribution in [0, 0.1) is 11.3 Å². The molecule has 2 aromatic carbocycles. The van der Waals surface area contributed by atoms with Crippen LogP contribution in [0.3, 0.4) is 0 Å². The van der Waals surface area contributed by atoms with Gasteiger partial charge >= 0.3 is 5.97 Å². The zero-order valence-electron chi connectivity index (χ0n) is 11.8. The molecule has 0 unspecified atom stereocenters. The Kier molecular flexibility index (Phi) is 5.99. The Morgan fingerprint density at radius 1 is 1.14 bits per heavy atom. The Morgan fingerprint density at radius 2 is 1.91 bits per heavy atom. The number of carbonyl (C=O) groups is 1. The molecule has 4 nitrogen and oxygen atoms in total. The number of hydrogen-bond acceptors (Lipinski definition) is 4. The van der Waals surface area contributed by atoms with Gasteiger partial charge in [0.1, 0.15) is 11.5 Å². The van der Waals surface area contributed by atoms with Gasteiger partial charge in [0.15, 0.2) is 0 Å². The Morgan fingerprint density at radius 3 is 2.59 bits per heavy atom. The van der Waals surface area contributed by atoms with Crippen LogP contribution in [0.4, 0.5) is 0 Å². The number of benzene rings is 2. The Bertz CT molecular complexity index is 677. The van der Waals surface area contributed by atoms with Gasteiger partial charge in [-0.05, 0) is 48.9 Å². The van der Waals surface area contributed by atoms with Gasteiger partial charge in [-0.1, -0.05) is 22.0 Å². The van der Waals surface area contributed by atoms with E-state index in [0.29, 0.717) is 24.3 Å². The highest BCUT2D eigenvalue weighted by atomic mass is 79.9. The first-order valence-corrected chi connectivity index (χ1v) is 7.56. The van der Waals surface area contributed by atoms with Crippen molar-refractivity contribution in [3.8, 4) is 17.6 Å². The fraction of sp³-hybridized carbons (Fsp3) is 0.176. The topological polar surface area (TPSA) is 59.3 Å². The highest BCUT2D eigenvalue weighted by Gasteiger charge is 2.05. The summed E-state index contributed by atoms with van der Waals surface area (Å²) in [7, 11) is 0. The van der Waals surface area contributed by atoms with E-state index in [-0.39, 0.29) is 12.4 Å². The van der Waals surface area contributed by atoms with E-state index in [1.165, 1.54) is 0 Å². The molecule has 0 N–H and O–H groups in total. The molecule has 2 rings (SSSR count). The number of carbonyl (C=O) groups excluding carboxylic acids is 1. The molecule has 0 amide bonds. The van der Waals surface area contributed by atoms with Crippen molar-refractivity contribution >= 4 is 21.9 Å². The largest absolute Gasteiger partial charge is 0.494 e. The minimum absolute atomic E-state index is 0.272. The van der Waals surface area contributed by atoms with Crippen LogP contribution in [0.5, 0.6) is 11.5 Å². The number of halogens is 1. The summed E-state index contributed by atoms with van der Waals surface area (Å²) in [5.74, 6) is 0.884. The van der Waals surface area contributed by atoms with Gasteiger partial charge in [0, 0.05) is 10.9 Å². The van der Waals surface area contributed by atoms with Crippen LogP contribution < -0.4 is 9.47 Å². The van der Waals surface area contributed by atoms with Gasteiger partial charge in [0.25, 0.3) is 0 Å². The van der Waals surface area contributed by atoms with Gasteiger partial charge < -0.3 is 9.47 Å². The van der Waals surface area contributed by atoms with Crippen LogP contribution in [0.1, 0.15) is 18.4 Å². The molecule has 22 heavy (non-hydrogen) atoms. The summed E-state index contributed by atoms with van der Waals surface area (Å²) in [6.07, 6.45) is 0.843. The monoisotopic (exact) mass is 359 g/mol. The van der Waals surface area contributed by atoms with E-state index in [2.05, 4.69) is 15.9 Å². The lowest BCUT2D eigenvalue weighted by molar-refractivity contribution is -0.134. The van der Waals surface area contributed by atoms with Crippen molar-refractivity contribution in [2.75, 3.05) is 6.61 Å². The fourth-order valence-corrected chi connectivity index (χ4v) is 2.12. The SMILES string of the molecule is N#Cc1ccc(OC(=O)CCCOc2cccc(Br)c2)cc1. The summed E-state index contributed by atoms with van der Waals surface area (Å²) in [6, 6.07) is 16.0. The number of ether oxygens (including phenoxy) is 2. The molecule has 0 bridgehead atoms. The van der Waals surface area contributed by atoms with E-state index >= 15 is 0 Å². The van der Waals surface area contributed by atoms with E-state index in [0.717, 1.165) is 10.2 Å². The lowest BCUT2D eigenvalue weighted by Gasteiger charge is -2.07. The molecular formula is C17H14BrNO3. The van der Waals surface area contributed by atoms with Gasteiger partial charge in [-0.25, -0.2) is 0 Å². The zero-order chi connectivity index (χ0) is 15.8. The van der Waals surface area contributed by atoms with Crippen LogP contribution in [0.2, 0.25) is 0 Å². The first kappa shape index (κ1) is 16.1.